The maximum atomic E-state index is 5.50. The van der Waals surface area contributed by atoms with Gasteiger partial charge in [0.15, 0.2) is 0 Å². The average Bonchev–Trinajstić information content (AvgIpc) is 1.34. The zero-order valence-corrected chi connectivity index (χ0v) is 54.9. The molecule has 10 nitrogen and oxygen atoms in total. The molecule has 0 unspecified atom stereocenters. The molecule has 12 rings (SSSR count). The van der Waals surface area contributed by atoms with Crippen molar-refractivity contribution in [3.8, 4) is 56.4 Å². The molecular weight excluding hydrogens is 1160 g/mol. The summed E-state index contributed by atoms with van der Waals surface area (Å²) in [5, 5.41) is 0. The Bertz CT molecular complexity index is 3950. The number of ether oxygens (including phenoxy) is 4. The molecule has 0 bridgehead atoms. The highest BCUT2D eigenvalue weighted by Crippen LogP contribution is 2.43. The average molecular weight is 1240 g/mol. The Morgan fingerprint density at radius 1 is 0.170 bits per heavy atom. The summed E-state index contributed by atoms with van der Waals surface area (Å²) in [5.41, 5.74) is 21.7. The fraction of sp³-hybridized carbons (Fsp3) is 0.143. The quantitative estimate of drug-likeness (QED) is 0.0553. The predicted octanol–water partition coefficient (Wildman–Crippen LogP) is 22.3. The van der Waals surface area contributed by atoms with Gasteiger partial charge in [-0.3, -0.25) is 0 Å². The van der Waals surface area contributed by atoms with Crippen molar-refractivity contribution in [2.75, 3.05) is 84.0 Å². The lowest BCUT2D eigenvalue weighted by molar-refractivity contribution is 0.414. The van der Waals surface area contributed by atoms with E-state index in [4.69, 9.17) is 18.9 Å². The van der Waals surface area contributed by atoms with Gasteiger partial charge in [0.25, 0.3) is 0 Å². The first kappa shape index (κ1) is 62.8. The topological polar surface area (TPSA) is 56.4 Å². The van der Waals surface area contributed by atoms with E-state index in [0.29, 0.717) is 0 Å². The minimum atomic E-state index is 0.809. The van der Waals surface area contributed by atoms with E-state index in [1.54, 1.807) is 28.4 Å². The van der Waals surface area contributed by atoms with Crippen LogP contribution in [0.4, 0.5) is 79.6 Å². The third-order valence-electron chi connectivity index (χ3n) is 17.5. The molecule has 0 amide bonds. The van der Waals surface area contributed by atoms with Crippen LogP contribution in [0.3, 0.4) is 0 Å². The summed E-state index contributed by atoms with van der Waals surface area (Å²) in [4.78, 5) is 13.9. The standard InChI is InChI=1S/C84H80N6O4/c1-9-85(10-2)67-37-41-75(42-38-67)87(71-29-17-63(18-30-71)65-21-33-73(34-22-65)89(77-45-53-81(91-5)54-46-77)78-47-55-82(92-6)56-48-78)69-25-13-61(14-26-69)62-15-27-70(28-16-62)88(76-43-39-68(40-44-76)86(11-3)12-4)72-31-19-64(20-32-72)66-23-35-74(36-24-66)90(79-49-57-83(93-7)58-50-79)80-51-59-84(94-8)60-52-80/h13-60H,9-12H2,1-8H3. The minimum absolute atomic E-state index is 0.809. The van der Waals surface area contributed by atoms with Crippen LogP contribution in [0.5, 0.6) is 23.0 Å². The predicted molar refractivity (Wildman–Crippen MR) is 395 cm³/mol. The highest BCUT2D eigenvalue weighted by atomic mass is 16.5. The van der Waals surface area contributed by atoms with Crippen LogP contribution in [0, 0.1) is 0 Å². The minimum Gasteiger partial charge on any atom is -0.497 e. The number of anilines is 14. The Balaban J connectivity index is 0.814. The van der Waals surface area contributed by atoms with E-state index >= 15 is 0 Å². The smallest absolute Gasteiger partial charge is 0.119 e. The summed E-state index contributed by atoms with van der Waals surface area (Å²) in [6.45, 7) is 12.6. The van der Waals surface area contributed by atoms with E-state index in [2.05, 4.69) is 300 Å². The van der Waals surface area contributed by atoms with Crippen molar-refractivity contribution in [3.63, 3.8) is 0 Å². The van der Waals surface area contributed by atoms with Crippen LogP contribution in [0.15, 0.2) is 291 Å². The van der Waals surface area contributed by atoms with Crippen molar-refractivity contribution >= 4 is 79.6 Å². The van der Waals surface area contributed by atoms with Crippen LogP contribution < -0.4 is 48.3 Å². The molecule has 0 aliphatic rings. The molecular formula is C84H80N6O4. The molecule has 12 aromatic rings. The van der Waals surface area contributed by atoms with Crippen LogP contribution in [0.25, 0.3) is 33.4 Å². The Labute approximate surface area is 554 Å². The first-order valence-corrected chi connectivity index (χ1v) is 32.3. The highest BCUT2D eigenvalue weighted by Gasteiger charge is 2.20. The van der Waals surface area contributed by atoms with Crippen LogP contribution in [-0.4, -0.2) is 54.6 Å². The molecule has 0 saturated carbocycles. The molecule has 0 spiro atoms. The molecule has 0 heterocycles. The third-order valence-corrected chi connectivity index (χ3v) is 17.5. The number of methoxy groups -OCH3 is 4. The summed E-state index contributed by atoms with van der Waals surface area (Å²) in [5.74, 6) is 3.24. The summed E-state index contributed by atoms with van der Waals surface area (Å²) in [6.07, 6.45) is 0. The fourth-order valence-corrected chi connectivity index (χ4v) is 12.3. The van der Waals surface area contributed by atoms with Crippen molar-refractivity contribution in [2.45, 2.75) is 27.7 Å². The monoisotopic (exact) mass is 1240 g/mol. The van der Waals surface area contributed by atoms with Crippen LogP contribution in [0.2, 0.25) is 0 Å². The summed E-state index contributed by atoms with van der Waals surface area (Å²) < 4.78 is 22.0. The number of hydrogen-bond acceptors (Lipinski definition) is 10. The second-order valence-corrected chi connectivity index (χ2v) is 22.8. The molecule has 0 atom stereocenters. The van der Waals surface area contributed by atoms with Crippen molar-refractivity contribution in [1.82, 2.24) is 0 Å². The first-order valence-electron chi connectivity index (χ1n) is 32.3. The molecule has 0 fully saturated rings. The molecule has 12 aromatic carbocycles. The van der Waals surface area contributed by atoms with Crippen molar-refractivity contribution in [1.29, 1.82) is 0 Å². The van der Waals surface area contributed by atoms with Crippen LogP contribution in [-0.2, 0) is 0 Å². The lowest BCUT2D eigenvalue weighted by atomic mass is 10.0. The van der Waals surface area contributed by atoms with Crippen molar-refractivity contribution < 1.29 is 18.9 Å². The van der Waals surface area contributed by atoms with Crippen LogP contribution >= 0.6 is 0 Å². The largest absolute Gasteiger partial charge is 0.497 e. The number of hydrogen-bond donors (Lipinski definition) is 0. The maximum Gasteiger partial charge on any atom is 0.119 e. The van der Waals surface area contributed by atoms with Gasteiger partial charge in [-0.25, -0.2) is 0 Å². The third kappa shape index (κ3) is 13.8. The van der Waals surface area contributed by atoms with Gasteiger partial charge in [-0.05, 0) is 279 Å². The molecule has 0 aromatic heterocycles. The molecule has 0 N–H and O–H groups in total. The van der Waals surface area contributed by atoms with Gasteiger partial charge in [0, 0.05) is 106 Å². The summed E-state index contributed by atoms with van der Waals surface area (Å²) >= 11 is 0. The van der Waals surface area contributed by atoms with Gasteiger partial charge in [-0.1, -0.05) is 72.8 Å². The molecule has 10 heteroatoms. The zero-order valence-electron chi connectivity index (χ0n) is 54.9. The van der Waals surface area contributed by atoms with Gasteiger partial charge in [0.2, 0.25) is 0 Å². The molecule has 0 saturated heterocycles. The summed E-state index contributed by atoms with van der Waals surface area (Å²) in [6, 6.07) is 104. The lowest BCUT2D eigenvalue weighted by Gasteiger charge is -2.28. The van der Waals surface area contributed by atoms with E-state index in [1.165, 1.54) is 11.4 Å². The van der Waals surface area contributed by atoms with Gasteiger partial charge in [0.05, 0.1) is 28.4 Å². The van der Waals surface area contributed by atoms with Gasteiger partial charge in [-0.2, -0.15) is 0 Å². The van der Waals surface area contributed by atoms with Gasteiger partial charge in [-0.15, -0.1) is 0 Å². The SMILES string of the molecule is CCN(CC)c1ccc(N(c2ccc(-c3ccc(N(c4ccc(OC)cc4)c4ccc(OC)cc4)cc3)cc2)c2ccc(-c3ccc(N(c4ccc(-c5ccc(N(c6ccc(OC)cc6)c6ccc(OC)cc6)cc5)cc4)c4ccc(N(CC)CC)cc4)cc3)cc2)cc1. The van der Waals surface area contributed by atoms with Crippen molar-refractivity contribution in [2.24, 2.45) is 0 Å². The second kappa shape index (κ2) is 29.3. The van der Waals surface area contributed by atoms with Gasteiger partial charge < -0.3 is 48.3 Å². The van der Waals surface area contributed by atoms with Crippen LogP contribution in [0.1, 0.15) is 27.7 Å². The highest BCUT2D eigenvalue weighted by molar-refractivity contribution is 5.85. The first-order chi connectivity index (χ1) is 46.2. The normalized spacial score (nSPS) is 10.9. The summed E-state index contributed by atoms with van der Waals surface area (Å²) in [7, 11) is 6.76. The van der Waals surface area contributed by atoms with E-state index in [-0.39, 0.29) is 0 Å². The molecule has 0 aliphatic carbocycles. The lowest BCUT2D eigenvalue weighted by Crippen LogP contribution is -2.21. The number of benzene rings is 12. The van der Waals surface area contributed by atoms with E-state index in [1.807, 2.05) is 48.5 Å². The molecule has 470 valence electrons. The maximum absolute atomic E-state index is 5.50. The van der Waals surface area contributed by atoms with Crippen molar-refractivity contribution in [3.05, 3.63) is 291 Å². The fourth-order valence-electron chi connectivity index (χ4n) is 12.3. The number of rotatable bonds is 25. The van der Waals surface area contributed by atoms with Gasteiger partial charge in [0.1, 0.15) is 23.0 Å². The number of nitrogens with zero attached hydrogens (tertiary/aromatic N) is 6. The molecule has 0 aliphatic heterocycles. The van der Waals surface area contributed by atoms with E-state index in [0.717, 1.165) is 151 Å². The Morgan fingerprint density at radius 3 is 0.415 bits per heavy atom. The second-order valence-electron chi connectivity index (χ2n) is 22.8. The van der Waals surface area contributed by atoms with E-state index < -0.39 is 0 Å². The molecule has 0 radical (unpaired) electrons. The Kier molecular flexibility index (Phi) is 19.6. The Hall–Kier alpha value is -11.4. The zero-order chi connectivity index (χ0) is 64.9. The Morgan fingerprint density at radius 2 is 0.287 bits per heavy atom. The van der Waals surface area contributed by atoms with Gasteiger partial charge >= 0.3 is 0 Å². The van der Waals surface area contributed by atoms with E-state index in [9.17, 15) is 0 Å². The molecule has 94 heavy (non-hydrogen) atoms.